The van der Waals surface area contributed by atoms with Crippen molar-refractivity contribution in [1.29, 1.82) is 0 Å². The Labute approximate surface area is 304 Å². The van der Waals surface area contributed by atoms with E-state index in [1.807, 2.05) is 49.9 Å². The van der Waals surface area contributed by atoms with Gasteiger partial charge >= 0.3 is 6.09 Å². The number of nitrogens with zero attached hydrogens (tertiary/aromatic N) is 2. The first kappa shape index (κ1) is 40.4. The number of ether oxygens (including phenoxy) is 1. The molecule has 2 aromatic carbocycles. The number of rotatable bonds is 5. The molecule has 6 rings (SSSR count). The number of nitrogens with one attached hydrogen (secondary N) is 1. The standard InChI is InChI=1S/C21H29ClF2N2O2.C11H12ClF2N.C6H10O/c1-20(2,3)28-19(27)25-10-8-17(9-11-25)26-14-21(23,24)13-18(26)12-15-4-6-16(22)7-5-15;12-9-3-1-8(2-4-9)5-10-6-11(13,14)7-15-10;7-6-4-2-1-3-5-6/h4-7,17-18H,8-14H2,1-3H3;1-4,10,15H,5-7H2;1-5H2/t18-;10-;/m00./s1. The van der Waals surface area contributed by atoms with E-state index in [9.17, 15) is 27.2 Å². The molecule has 1 N–H and O–H groups in total. The van der Waals surface area contributed by atoms with E-state index in [1.165, 1.54) is 6.42 Å². The first-order valence-corrected chi connectivity index (χ1v) is 18.5. The summed E-state index contributed by atoms with van der Waals surface area (Å²) in [6.07, 6.45) is 7.31. The van der Waals surface area contributed by atoms with Gasteiger partial charge in [0.15, 0.2) is 0 Å². The Morgan fingerprint density at radius 3 is 1.84 bits per heavy atom. The molecule has 12 heteroatoms. The summed E-state index contributed by atoms with van der Waals surface area (Å²) in [6, 6.07) is 14.5. The Bertz CT molecular complexity index is 1370. The SMILES string of the molecule is CC(C)(C)OC(=O)N1CCC(N2CC(F)(F)C[C@@H]2Cc2ccc(Cl)cc2)CC1.FC1(F)CN[C@@H](Cc2ccc(Cl)cc2)C1.O=C1CCCCC1. The second kappa shape index (κ2) is 17.9. The van der Waals surface area contributed by atoms with Crippen molar-refractivity contribution in [1.82, 2.24) is 15.1 Å². The molecule has 3 heterocycles. The fourth-order valence-corrected chi connectivity index (χ4v) is 7.18. The first-order valence-electron chi connectivity index (χ1n) is 17.7. The minimum Gasteiger partial charge on any atom is -0.444 e. The zero-order chi connectivity index (χ0) is 36.5. The van der Waals surface area contributed by atoms with Gasteiger partial charge < -0.3 is 15.0 Å². The average molecular weight is 745 g/mol. The van der Waals surface area contributed by atoms with Crippen LogP contribution in [-0.4, -0.2) is 83.4 Å². The molecule has 0 radical (unpaired) electrons. The van der Waals surface area contributed by atoms with Crippen LogP contribution >= 0.6 is 23.2 Å². The van der Waals surface area contributed by atoms with Crippen molar-refractivity contribution < 1.29 is 31.9 Å². The summed E-state index contributed by atoms with van der Waals surface area (Å²) < 4.78 is 59.6. The van der Waals surface area contributed by atoms with Gasteiger partial charge in [0.2, 0.25) is 0 Å². The second-order valence-electron chi connectivity index (χ2n) is 15.0. The lowest BCUT2D eigenvalue weighted by molar-refractivity contribution is -0.120. The Morgan fingerprint density at radius 1 is 0.840 bits per heavy atom. The largest absolute Gasteiger partial charge is 0.444 e. The summed E-state index contributed by atoms with van der Waals surface area (Å²) >= 11 is 11.7. The van der Waals surface area contributed by atoms with Crippen molar-refractivity contribution in [2.75, 3.05) is 26.2 Å². The predicted octanol–water partition coefficient (Wildman–Crippen LogP) is 9.39. The number of carbonyl (C=O) groups excluding carboxylic acids is 2. The number of hydrogen-bond acceptors (Lipinski definition) is 5. The molecule has 1 aliphatic carbocycles. The van der Waals surface area contributed by atoms with Gasteiger partial charge in [0.05, 0.1) is 13.1 Å². The van der Waals surface area contributed by atoms with E-state index < -0.39 is 17.4 Å². The zero-order valence-corrected chi connectivity index (χ0v) is 30.9. The molecule has 50 heavy (non-hydrogen) atoms. The van der Waals surface area contributed by atoms with Crippen molar-refractivity contribution in [2.24, 2.45) is 0 Å². The van der Waals surface area contributed by atoms with Gasteiger partial charge in [0.25, 0.3) is 11.8 Å². The molecule has 1 amide bonds. The Balaban J connectivity index is 0.000000210. The van der Waals surface area contributed by atoms with Crippen molar-refractivity contribution in [3.63, 3.8) is 0 Å². The molecule has 1 saturated carbocycles. The smallest absolute Gasteiger partial charge is 0.410 e. The van der Waals surface area contributed by atoms with Gasteiger partial charge in [-0.1, -0.05) is 53.9 Å². The van der Waals surface area contributed by atoms with Crippen LogP contribution in [0.15, 0.2) is 48.5 Å². The first-order chi connectivity index (χ1) is 23.5. The molecule has 2 atom stereocenters. The third-order valence-electron chi connectivity index (χ3n) is 9.39. The van der Waals surface area contributed by atoms with Gasteiger partial charge in [-0.25, -0.2) is 22.4 Å². The van der Waals surface area contributed by atoms with Gasteiger partial charge in [0.1, 0.15) is 11.4 Å². The third kappa shape index (κ3) is 13.6. The number of halogens is 6. The highest BCUT2D eigenvalue weighted by Gasteiger charge is 2.47. The molecule has 4 aliphatic rings. The summed E-state index contributed by atoms with van der Waals surface area (Å²) in [5.41, 5.74) is 1.52. The van der Waals surface area contributed by atoms with E-state index in [0.29, 0.717) is 54.6 Å². The monoisotopic (exact) mass is 743 g/mol. The van der Waals surface area contributed by atoms with Crippen LogP contribution in [0.5, 0.6) is 0 Å². The van der Waals surface area contributed by atoms with Crippen LogP contribution < -0.4 is 5.32 Å². The Hall–Kier alpha value is -2.40. The number of alkyl halides is 4. The lowest BCUT2D eigenvalue weighted by atomic mass is 9.99. The highest BCUT2D eigenvalue weighted by Crippen LogP contribution is 2.37. The van der Waals surface area contributed by atoms with Crippen LogP contribution in [0.4, 0.5) is 22.4 Å². The van der Waals surface area contributed by atoms with Gasteiger partial charge in [-0.15, -0.1) is 0 Å². The molecular formula is C38H51Cl2F4N3O3. The summed E-state index contributed by atoms with van der Waals surface area (Å²) in [4.78, 5) is 26.3. The van der Waals surface area contributed by atoms with Gasteiger partial charge in [0, 0.05) is 66.9 Å². The lowest BCUT2D eigenvalue weighted by Crippen LogP contribution is -2.49. The van der Waals surface area contributed by atoms with Crippen LogP contribution in [0.1, 0.15) is 89.7 Å². The molecule has 0 bridgehead atoms. The molecule has 6 nitrogen and oxygen atoms in total. The second-order valence-corrected chi connectivity index (χ2v) is 15.9. The molecule has 3 aliphatic heterocycles. The molecule has 3 saturated heterocycles. The summed E-state index contributed by atoms with van der Waals surface area (Å²) in [6.45, 7) is 6.18. The third-order valence-corrected chi connectivity index (χ3v) is 9.89. The van der Waals surface area contributed by atoms with Gasteiger partial charge in [-0.3, -0.25) is 9.69 Å². The summed E-state index contributed by atoms with van der Waals surface area (Å²) in [5.74, 6) is -4.75. The fraction of sp³-hybridized carbons (Fsp3) is 0.632. The minimum absolute atomic E-state index is 0.0596. The molecule has 4 fully saturated rings. The number of likely N-dealkylation sites (tertiary alicyclic amines) is 2. The maximum absolute atomic E-state index is 14.2. The minimum atomic E-state index is -2.67. The number of piperidine rings is 1. The normalized spacial score (nSPS) is 23.8. The van der Waals surface area contributed by atoms with Gasteiger partial charge in [-0.2, -0.15) is 0 Å². The Morgan fingerprint density at radius 2 is 1.38 bits per heavy atom. The van der Waals surface area contributed by atoms with E-state index in [1.54, 1.807) is 29.2 Å². The van der Waals surface area contributed by atoms with Crippen molar-refractivity contribution in [2.45, 2.75) is 127 Å². The maximum atomic E-state index is 14.2. The summed E-state index contributed by atoms with van der Waals surface area (Å²) in [5, 5.41) is 4.14. The topological polar surface area (TPSA) is 61.9 Å². The molecule has 2 aromatic rings. The fourth-order valence-electron chi connectivity index (χ4n) is 6.93. The van der Waals surface area contributed by atoms with Crippen molar-refractivity contribution in [3.05, 3.63) is 69.7 Å². The van der Waals surface area contributed by atoms with Crippen LogP contribution in [0.2, 0.25) is 10.0 Å². The lowest BCUT2D eigenvalue weighted by Gasteiger charge is -2.39. The molecule has 0 aromatic heterocycles. The number of ketones is 1. The van der Waals surface area contributed by atoms with E-state index in [2.05, 4.69) is 5.32 Å². The number of hydrogen-bond donors (Lipinski definition) is 1. The van der Waals surface area contributed by atoms with E-state index in [0.717, 1.165) is 36.8 Å². The van der Waals surface area contributed by atoms with E-state index >= 15 is 0 Å². The summed E-state index contributed by atoms with van der Waals surface area (Å²) in [7, 11) is 0. The van der Waals surface area contributed by atoms with Crippen LogP contribution in [0.3, 0.4) is 0 Å². The maximum Gasteiger partial charge on any atom is 0.410 e. The van der Waals surface area contributed by atoms with Gasteiger partial charge in [-0.05, 0) is 94.7 Å². The van der Waals surface area contributed by atoms with Crippen LogP contribution in [0.25, 0.3) is 0 Å². The highest BCUT2D eigenvalue weighted by atomic mass is 35.5. The number of benzene rings is 2. The molecular weight excluding hydrogens is 693 g/mol. The highest BCUT2D eigenvalue weighted by molar-refractivity contribution is 6.30. The number of Topliss-reactive ketones (excluding diaryl/α,β-unsaturated/α-hetero) is 1. The molecule has 278 valence electrons. The molecule has 0 spiro atoms. The van der Waals surface area contributed by atoms with E-state index in [-0.39, 0.29) is 50.1 Å². The van der Waals surface area contributed by atoms with Crippen molar-refractivity contribution in [3.8, 4) is 0 Å². The van der Waals surface area contributed by atoms with Crippen molar-refractivity contribution >= 4 is 35.1 Å². The zero-order valence-electron chi connectivity index (χ0n) is 29.3. The quantitative estimate of drug-likeness (QED) is 0.310. The average Bonchev–Trinajstić information content (AvgIpc) is 3.55. The predicted molar refractivity (Wildman–Crippen MR) is 191 cm³/mol. The molecule has 0 unspecified atom stereocenters. The number of carbonyl (C=O) groups is 2. The Kier molecular flexibility index (Phi) is 14.4. The van der Waals surface area contributed by atoms with Crippen LogP contribution in [-0.2, 0) is 22.4 Å². The van der Waals surface area contributed by atoms with Crippen LogP contribution in [0, 0.1) is 0 Å². The number of amides is 1. The van der Waals surface area contributed by atoms with E-state index in [4.69, 9.17) is 27.9 Å².